The molecule has 0 spiro atoms. The third-order valence-corrected chi connectivity index (χ3v) is 3.35. The van der Waals surface area contributed by atoms with Gasteiger partial charge in [0.25, 0.3) is 0 Å². The summed E-state index contributed by atoms with van der Waals surface area (Å²) in [7, 11) is 0. The number of halogens is 1. The number of aryl methyl sites for hydroxylation is 1. The molecular formula is C15H19ClN2O2. The molecule has 0 saturated heterocycles. The molecule has 0 radical (unpaired) electrons. The van der Waals surface area contributed by atoms with Gasteiger partial charge in [-0.15, -0.1) is 0 Å². The van der Waals surface area contributed by atoms with Crippen molar-refractivity contribution in [3.63, 3.8) is 0 Å². The lowest BCUT2D eigenvalue weighted by atomic mass is 10.1. The zero-order chi connectivity index (χ0) is 14.5. The van der Waals surface area contributed by atoms with Crippen molar-refractivity contribution < 1.29 is 9.84 Å². The normalized spacial score (nSPS) is 12.4. The molecule has 5 heteroatoms. The average Bonchev–Trinajstić information content (AvgIpc) is 2.86. The van der Waals surface area contributed by atoms with Crippen LogP contribution >= 0.6 is 11.6 Å². The van der Waals surface area contributed by atoms with Crippen LogP contribution in [0.3, 0.4) is 0 Å². The van der Waals surface area contributed by atoms with Gasteiger partial charge in [0.15, 0.2) is 0 Å². The minimum atomic E-state index is -0.787. The molecule has 1 heterocycles. The monoisotopic (exact) mass is 294 g/mol. The number of aliphatic hydroxyl groups excluding tert-OH is 1. The van der Waals surface area contributed by atoms with Gasteiger partial charge in [-0.25, -0.2) is 0 Å². The number of hydrogen-bond acceptors (Lipinski definition) is 3. The molecule has 4 nitrogen and oxygen atoms in total. The standard InChI is InChI=1S/C15H19ClN2O2/c1-3-9-20-12-7-5-11(6-8-12)15(19)14-13(16)10-17-18(14)4-2/h5-8,10,15,19H,3-4,9H2,1-2H3. The molecule has 1 aromatic heterocycles. The van der Waals surface area contributed by atoms with Crippen LogP contribution in [0.1, 0.15) is 37.6 Å². The summed E-state index contributed by atoms with van der Waals surface area (Å²) in [5.74, 6) is 0.804. The highest BCUT2D eigenvalue weighted by molar-refractivity contribution is 6.31. The van der Waals surface area contributed by atoms with Crippen LogP contribution in [-0.4, -0.2) is 21.5 Å². The van der Waals surface area contributed by atoms with Gasteiger partial charge in [-0.1, -0.05) is 30.7 Å². The molecule has 2 aromatic rings. The summed E-state index contributed by atoms with van der Waals surface area (Å²) in [4.78, 5) is 0. The van der Waals surface area contributed by atoms with Crippen LogP contribution in [0.25, 0.3) is 0 Å². The Morgan fingerprint density at radius 3 is 2.60 bits per heavy atom. The molecule has 1 unspecified atom stereocenters. The highest BCUT2D eigenvalue weighted by Gasteiger charge is 2.19. The highest BCUT2D eigenvalue weighted by Crippen LogP contribution is 2.29. The maximum atomic E-state index is 10.5. The Kier molecular flexibility index (Phi) is 5.04. The van der Waals surface area contributed by atoms with Gasteiger partial charge in [0.05, 0.1) is 23.5 Å². The van der Waals surface area contributed by atoms with Crippen LogP contribution in [0.2, 0.25) is 5.02 Å². The quantitative estimate of drug-likeness (QED) is 0.888. The first-order valence-corrected chi connectivity index (χ1v) is 7.17. The lowest BCUT2D eigenvalue weighted by molar-refractivity contribution is 0.208. The molecule has 0 saturated carbocycles. The lowest BCUT2D eigenvalue weighted by Crippen LogP contribution is -2.09. The number of nitrogens with zero attached hydrogens (tertiary/aromatic N) is 2. The van der Waals surface area contributed by atoms with Gasteiger partial charge < -0.3 is 9.84 Å². The van der Waals surface area contributed by atoms with Crippen molar-refractivity contribution in [2.75, 3.05) is 6.61 Å². The second-order valence-corrected chi connectivity index (χ2v) is 4.92. The largest absolute Gasteiger partial charge is 0.494 e. The van der Waals surface area contributed by atoms with Crippen molar-refractivity contribution in [3.05, 3.63) is 46.7 Å². The molecule has 0 bridgehead atoms. The highest BCUT2D eigenvalue weighted by atomic mass is 35.5. The number of ether oxygens (including phenoxy) is 1. The van der Waals surface area contributed by atoms with Crippen molar-refractivity contribution in [2.45, 2.75) is 32.9 Å². The van der Waals surface area contributed by atoms with E-state index in [-0.39, 0.29) is 0 Å². The van der Waals surface area contributed by atoms with E-state index in [1.807, 2.05) is 31.2 Å². The summed E-state index contributed by atoms with van der Waals surface area (Å²) < 4.78 is 7.23. The summed E-state index contributed by atoms with van der Waals surface area (Å²) in [5, 5.41) is 15.1. The molecule has 108 valence electrons. The number of aliphatic hydroxyl groups is 1. The number of benzene rings is 1. The molecule has 1 aromatic carbocycles. The van der Waals surface area contributed by atoms with Gasteiger partial charge >= 0.3 is 0 Å². The van der Waals surface area contributed by atoms with Crippen LogP contribution in [0.5, 0.6) is 5.75 Å². The van der Waals surface area contributed by atoms with Crippen LogP contribution in [0, 0.1) is 0 Å². The fourth-order valence-corrected chi connectivity index (χ4v) is 2.26. The minimum Gasteiger partial charge on any atom is -0.494 e. The molecule has 0 fully saturated rings. The van der Waals surface area contributed by atoms with E-state index in [1.165, 1.54) is 0 Å². The Morgan fingerprint density at radius 1 is 1.30 bits per heavy atom. The minimum absolute atomic E-state index is 0.477. The van der Waals surface area contributed by atoms with Crippen molar-refractivity contribution >= 4 is 11.6 Å². The number of rotatable bonds is 6. The Balaban J connectivity index is 2.20. The van der Waals surface area contributed by atoms with Crippen molar-refractivity contribution in [1.29, 1.82) is 0 Å². The van der Waals surface area contributed by atoms with E-state index in [0.717, 1.165) is 17.7 Å². The summed E-state index contributed by atoms with van der Waals surface area (Å²) in [6, 6.07) is 7.40. The third-order valence-electron chi connectivity index (χ3n) is 3.06. The Bertz CT molecular complexity index is 552. The molecule has 2 rings (SSSR count). The van der Waals surface area contributed by atoms with Gasteiger partial charge in [0.1, 0.15) is 11.9 Å². The van der Waals surface area contributed by atoms with Crippen molar-refractivity contribution in [1.82, 2.24) is 9.78 Å². The zero-order valence-electron chi connectivity index (χ0n) is 11.7. The zero-order valence-corrected chi connectivity index (χ0v) is 12.5. The number of hydrogen-bond donors (Lipinski definition) is 1. The maximum Gasteiger partial charge on any atom is 0.122 e. The fourth-order valence-electron chi connectivity index (χ4n) is 2.02. The van der Waals surface area contributed by atoms with E-state index in [2.05, 4.69) is 12.0 Å². The van der Waals surface area contributed by atoms with Gasteiger partial charge in [-0.3, -0.25) is 4.68 Å². The molecule has 0 aliphatic rings. The fraction of sp³-hybridized carbons (Fsp3) is 0.400. The van der Waals surface area contributed by atoms with Crippen LogP contribution in [0.15, 0.2) is 30.5 Å². The van der Waals surface area contributed by atoms with Crippen molar-refractivity contribution in [2.24, 2.45) is 0 Å². The van der Waals surface area contributed by atoms with E-state index >= 15 is 0 Å². The summed E-state index contributed by atoms with van der Waals surface area (Å²) >= 11 is 6.10. The molecule has 0 amide bonds. The maximum absolute atomic E-state index is 10.5. The summed E-state index contributed by atoms with van der Waals surface area (Å²) in [6.45, 7) is 5.38. The summed E-state index contributed by atoms with van der Waals surface area (Å²) in [5.41, 5.74) is 1.39. The molecule has 20 heavy (non-hydrogen) atoms. The van der Waals surface area contributed by atoms with E-state index in [0.29, 0.717) is 23.9 Å². The predicted molar refractivity (Wildman–Crippen MR) is 79.2 cm³/mol. The van der Waals surface area contributed by atoms with Gasteiger partial charge in [0.2, 0.25) is 0 Å². The number of aromatic nitrogens is 2. The topological polar surface area (TPSA) is 47.3 Å². The van der Waals surface area contributed by atoms with Crippen LogP contribution in [0.4, 0.5) is 0 Å². The third kappa shape index (κ3) is 3.14. The van der Waals surface area contributed by atoms with E-state index in [9.17, 15) is 5.11 Å². The van der Waals surface area contributed by atoms with Crippen LogP contribution in [-0.2, 0) is 6.54 Å². The SMILES string of the molecule is CCCOc1ccc(C(O)c2c(Cl)cnn2CC)cc1. The van der Waals surface area contributed by atoms with Gasteiger partial charge in [-0.2, -0.15) is 5.10 Å². The van der Waals surface area contributed by atoms with Crippen molar-refractivity contribution in [3.8, 4) is 5.75 Å². The second-order valence-electron chi connectivity index (χ2n) is 4.51. The Labute approximate surface area is 123 Å². The van der Waals surface area contributed by atoms with E-state index in [4.69, 9.17) is 16.3 Å². The molecule has 0 aliphatic carbocycles. The van der Waals surface area contributed by atoms with Crippen LogP contribution < -0.4 is 4.74 Å². The molecule has 1 atom stereocenters. The molecular weight excluding hydrogens is 276 g/mol. The predicted octanol–water partition coefficient (Wildman–Crippen LogP) is 3.43. The first-order valence-electron chi connectivity index (χ1n) is 6.79. The lowest BCUT2D eigenvalue weighted by Gasteiger charge is -2.14. The molecule has 0 aliphatic heterocycles. The van der Waals surface area contributed by atoms with E-state index in [1.54, 1.807) is 10.9 Å². The smallest absolute Gasteiger partial charge is 0.122 e. The average molecular weight is 295 g/mol. The first-order chi connectivity index (χ1) is 9.67. The summed E-state index contributed by atoms with van der Waals surface area (Å²) in [6.07, 6.45) is 1.74. The molecule has 1 N–H and O–H groups in total. The van der Waals surface area contributed by atoms with Gasteiger partial charge in [0, 0.05) is 6.54 Å². The van der Waals surface area contributed by atoms with Gasteiger partial charge in [-0.05, 0) is 31.0 Å². The Morgan fingerprint density at radius 2 is 2.00 bits per heavy atom. The second kappa shape index (κ2) is 6.77. The van der Waals surface area contributed by atoms with E-state index < -0.39 is 6.10 Å². The first kappa shape index (κ1) is 14.9. The Hall–Kier alpha value is -1.52.